The van der Waals surface area contributed by atoms with Gasteiger partial charge in [-0.2, -0.15) is 0 Å². The SMILES string of the molecule is Nc1ccc(NSS)cc1. The largest absolute Gasteiger partial charge is 0.399 e. The summed E-state index contributed by atoms with van der Waals surface area (Å²) in [6.07, 6.45) is 0. The van der Waals surface area contributed by atoms with Gasteiger partial charge in [0.15, 0.2) is 0 Å². The summed E-state index contributed by atoms with van der Waals surface area (Å²) in [7, 11) is 1.26. The normalized spacial score (nSPS) is 9.30. The van der Waals surface area contributed by atoms with Crippen LogP contribution in [0.5, 0.6) is 0 Å². The van der Waals surface area contributed by atoms with Crippen LogP contribution in [-0.2, 0) is 0 Å². The molecule has 0 radical (unpaired) electrons. The van der Waals surface area contributed by atoms with Gasteiger partial charge in [0.25, 0.3) is 0 Å². The first-order valence-electron chi connectivity index (χ1n) is 2.75. The average Bonchev–Trinajstić information content (AvgIpc) is 1.95. The van der Waals surface area contributed by atoms with E-state index >= 15 is 0 Å². The molecule has 0 aliphatic rings. The van der Waals surface area contributed by atoms with Gasteiger partial charge in [-0.05, 0) is 24.3 Å². The second-order valence-electron chi connectivity index (χ2n) is 1.82. The molecule has 0 fully saturated rings. The second kappa shape index (κ2) is 3.63. The van der Waals surface area contributed by atoms with Gasteiger partial charge in [-0.1, -0.05) is 11.7 Å². The summed E-state index contributed by atoms with van der Waals surface area (Å²) in [5.74, 6) is 0. The number of rotatable bonds is 2. The molecule has 54 valence electrons. The predicted molar refractivity (Wildman–Crippen MR) is 51.1 cm³/mol. The summed E-state index contributed by atoms with van der Waals surface area (Å²) >= 11 is 3.93. The molecule has 0 saturated carbocycles. The molecule has 0 spiro atoms. The number of benzene rings is 1. The maximum atomic E-state index is 5.47. The summed E-state index contributed by atoms with van der Waals surface area (Å²) in [6.45, 7) is 0. The fourth-order valence-corrected chi connectivity index (χ4v) is 1.16. The fourth-order valence-electron chi connectivity index (χ4n) is 0.604. The van der Waals surface area contributed by atoms with Gasteiger partial charge >= 0.3 is 0 Å². The highest BCUT2D eigenvalue weighted by atomic mass is 33.1. The van der Waals surface area contributed by atoms with Crippen LogP contribution in [0.1, 0.15) is 0 Å². The maximum absolute atomic E-state index is 5.47. The van der Waals surface area contributed by atoms with Crippen LogP contribution in [0.3, 0.4) is 0 Å². The lowest BCUT2D eigenvalue weighted by Gasteiger charge is -1.99. The molecule has 0 heterocycles. The van der Waals surface area contributed by atoms with Crippen molar-refractivity contribution in [1.29, 1.82) is 0 Å². The van der Waals surface area contributed by atoms with E-state index in [0.29, 0.717) is 0 Å². The lowest BCUT2D eigenvalue weighted by Crippen LogP contribution is -1.85. The third-order valence-corrected chi connectivity index (χ3v) is 1.68. The Morgan fingerprint density at radius 3 is 2.40 bits per heavy atom. The highest BCUT2D eigenvalue weighted by Crippen LogP contribution is 2.15. The van der Waals surface area contributed by atoms with E-state index in [1.54, 1.807) is 0 Å². The summed E-state index contributed by atoms with van der Waals surface area (Å²) in [6, 6.07) is 7.48. The number of nitrogens with one attached hydrogen (secondary N) is 1. The molecule has 4 heteroatoms. The Morgan fingerprint density at radius 2 is 1.90 bits per heavy atom. The Labute approximate surface area is 69.1 Å². The van der Waals surface area contributed by atoms with Crippen LogP contribution < -0.4 is 10.5 Å². The number of nitrogens with two attached hydrogens (primary N) is 1. The van der Waals surface area contributed by atoms with Crippen LogP contribution in [0.2, 0.25) is 0 Å². The quantitative estimate of drug-likeness (QED) is 0.277. The van der Waals surface area contributed by atoms with Crippen LogP contribution in [0, 0.1) is 0 Å². The van der Waals surface area contributed by atoms with Crippen molar-refractivity contribution in [3.8, 4) is 0 Å². The highest BCUT2D eigenvalue weighted by Gasteiger charge is 1.87. The van der Waals surface area contributed by atoms with Gasteiger partial charge in [0, 0.05) is 22.4 Å². The highest BCUT2D eigenvalue weighted by molar-refractivity contribution is 8.69. The molecule has 1 rings (SSSR count). The van der Waals surface area contributed by atoms with Crippen LogP contribution in [0.15, 0.2) is 24.3 Å². The predicted octanol–water partition coefficient (Wildman–Crippen LogP) is 2.17. The molecule has 10 heavy (non-hydrogen) atoms. The van der Waals surface area contributed by atoms with Gasteiger partial charge in [0.05, 0.1) is 0 Å². The summed E-state index contributed by atoms with van der Waals surface area (Å²) in [5, 5.41) is 0. The van der Waals surface area contributed by atoms with E-state index in [-0.39, 0.29) is 0 Å². The van der Waals surface area contributed by atoms with E-state index < -0.39 is 0 Å². The van der Waals surface area contributed by atoms with Crippen molar-refractivity contribution in [3.63, 3.8) is 0 Å². The summed E-state index contributed by atoms with van der Waals surface area (Å²) in [5.41, 5.74) is 7.25. The van der Waals surface area contributed by atoms with Gasteiger partial charge in [0.2, 0.25) is 0 Å². The number of thiol groups is 1. The number of anilines is 2. The molecule has 0 bridgehead atoms. The summed E-state index contributed by atoms with van der Waals surface area (Å²) < 4.78 is 2.96. The van der Waals surface area contributed by atoms with Crippen molar-refractivity contribution >= 4 is 34.0 Å². The Kier molecular flexibility index (Phi) is 2.77. The molecule has 2 nitrogen and oxygen atoms in total. The van der Waals surface area contributed by atoms with Crippen LogP contribution in [-0.4, -0.2) is 0 Å². The molecule has 1 aromatic rings. The van der Waals surface area contributed by atoms with E-state index in [0.717, 1.165) is 11.4 Å². The molecular weight excluding hydrogens is 164 g/mol. The van der Waals surface area contributed by atoms with E-state index in [1.807, 2.05) is 24.3 Å². The van der Waals surface area contributed by atoms with Crippen LogP contribution in [0.4, 0.5) is 11.4 Å². The van der Waals surface area contributed by atoms with E-state index in [9.17, 15) is 0 Å². The molecule has 3 N–H and O–H groups in total. The Balaban J connectivity index is 2.69. The molecule has 0 atom stereocenters. The van der Waals surface area contributed by atoms with Gasteiger partial charge < -0.3 is 10.5 Å². The smallest absolute Gasteiger partial charge is 0.0449 e. The monoisotopic (exact) mass is 172 g/mol. The van der Waals surface area contributed by atoms with Gasteiger partial charge in [-0.25, -0.2) is 0 Å². The first-order chi connectivity index (χ1) is 4.83. The first kappa shape index (κ1) is 7.63. The third-order valence-electron chi connectivity index (χ3n) is 1.07. The number of nitrogen functional groups attached to an aromatic ring is 1. The average molecular weight is 172 g/mol. The minimum atomic E-state index is 0.773. The molecule has 0 aromatic heterocycles. The minimum Gasteiger partial charge on any atom is -0.399 e. The van der Waals surface area contributed by atoms with Crippen molar-refractivity contribution in [2.75, 3.05) is 10.5 Å². The van der Waals surface area contributed by atoms with E-state index in [4.69, 9.17) is 5.73 Å². The molecule has 0 aliphatic carbocycles. The zero-order chi connectivity index (χ0) is 7.40. The second-order valence-corrected chi connectivity index (χ2v) is 2.75. The molecule has 1 aromatic carbocycles. The van der Waals surface area contributed by atoms with Crippen molar-refractivity contribution in [3.05, 3.63) is 24.3 Å². The lowest BCUT2D eigenvalue weighted by atomic mass is 10.3. The van der Waals surface area contributed by atoms with Crippen molar-refractivity contribution in [1.82, 2.24) is 0 Å². The number of hydrogen-bond acceptors (Lipinski definition) is 4. The topological polar surface area (TPSA) is 38.0 Å². The first-order valence-corrected chi connectivity index (χ1v) is 4.62. The van der Waals surface area contributed by atoms with E-state index in [1.165, 1.54) is 11.0 Å². The van der Waals surface area contributed by atoms with Crippen molar-refractivity contribution in [2.45, 2.75) is 0 Å². The standard InChI is InChI=1S/C6H8N2S2/c7-5-1-3-6(4-2-5)8-10-9/h1-4,8-9H,7H2. The molecule has 0 aliphatic heterocycles. The lowest BCUT2D eigenvalue weighted by molar-refractivity contribution is 1.67. The Hall–Kier alpha value is -0.480. The minimum absolute atomic E-state index is 0.773. The number of hydrogen-bond donors (Lipinski definition) is 3. The van der Waals surface area contributed by atoms with Gasteiger partial charge in [-0.3, -0.25) is 0 Å². The van der Waals surface area contributed by atoms with E-state index in [2.05, 4.69) is 16.4 Å². The zero-order valence-electron chi connectivity index (χ0n) is 5.24. The summed E-state index contributed by atoms with van der Waals surface area (Å²) in [4.78, 5) is 0. The van der Waals surface area contributed by atoms with Crippen LogP contribution in [0.25, 0.3) is 0 Å². The van der Waals surface area contributed by atoms with Crippen molar-refractivity contribution < 1.29 is 0 Å². The third kappa shape index (κ3) is 2.04. The van der Waals surface area contributed by atoms with Crippen LogP contribution >= 0.6 is 22.6 Å². The molecule has 0 amide bonds. The maximum Gasteiger partial charge on any atom is 0.0449 e. The Morgan fingerprint density at radius 1 is 1.30 bits per heavy atom. The fraction of sp³-hybridized carbons (Fsp3) is 0. The molecule has 0 unspecified atom stereocenters. The molecular formula is C6H8N2S2. The zero-order valence-corrected chi connectivity index (χ0v) is 6.95. The molecule has 0 saturated heterocycles. The Bertz CT molecular complexity index is 197. The van der Waals surface area contributed by atoms with Crippen molar-refractivity contribution in [2.24, 2.45) is 0 Å². The van der Waals surface area contributed by atoms with Gasteiger partial charge in [0.1, 0.15) is 0 Å². The van der Waals surface area contributed by atoms with Gasteiger partial charge in [-0.15, -0.1) is 0 Å².